The van der Waals surface area contributed by atoms with Gasteiger partial charge in [-0.2, -0.15) is 0 Å². The molecule has 0 unspecified atom stereocenters. The third-order valence-electron chi connectivity index (χ3n) is 2.55. The van der Waals surface area contributed by atoms with Crippen molar-refractivity contribution in [3.8, 4) is 11.3 Å². The molecule has 0 amide bonds. The SMILES string of the molecule is C=CCCCc1no[n+]([O-])c1-c1ccccc1. The van der Waals surface area contributed by atoms with E-state index in [2.05, 4.69) is 16.4 Å². The molecule has 0 radical (unpaired) electrons. The zero-order valence-corrected chi connectivity index (χ0v) is 9.50. The number of benzene rings is 1. The number of nitrogens with zero attached hydrogens (tertiary/aromatic N) is 2. The fraction of sp³-hybridized carbons (Fsp3) is 0.231. The normalized spacial score (nSPS) is 10.4. The zero-order valence-electron chi connectivity index (χ0n) is 9.50. The quantitative estimate of drug-likeness (QED) is 0.450. The average molecular weight is 230 g/mol. The molecule has 0 saturated carbocycles. The van der Waals surface area contributed by atoms with Gasteiger partial charge >= 0.3 is 0 Å². The van der Waals surface area contributed by atoms with Crippen LogP contribution in [0.15, 0.2) is 47.6 Å². The zero-order chi connectivity index (χ0) is 12.1. The Morgan fingerprint density at radius 3 is 2.82 bits per heavy atom. The van der Waals surface area contributed by atoms with Gasteiger partial charge in [-0.05, 0) is 17.7 Å². The molecule has 2 aromatic rings. The van der Waals surface area contributed by atoms with Gasteiger partial charge in [-0.1, -0.05) is 36.4 Å². The van der Waals surface area contributed by atoms with Gasteiger partial charge in [-0.3, -0.25) is 4.63 Å². The van der Waals surface area contributed by atoms with Gasteiger partial charge in [0.1, 0.15) is 0 Å². The highest BCUT2D eigenvalue weighted by Crippen LogP contribution is 2.19. The van der Waals surface area contributed by atoms with Crippen molar-refractivity contribution in [2.75, 3.05) is 0 Å². The first kappa shape index (κ1) is 11.4. The lowest BCUT2D eigenvalue weighted by Gasteiger charge is -1.98. The third-order valence-corrected chi connectivity index (χ3v) is 2.55. The molecule has 4 heteroatoms. The second-order valence-corrected chi connectivity index (χ2v) is 3.77. The Morgan fingerprint density at radius 2 is 2.12 bits per heavy atom. The third kappa shape index (κ3) is 2.53. The first-order chi connectivity index (χ1) is 8.33. The van der Waals surface area contributed by atoms with Crippen LogP contribution >= 0.6 is 0 Å². The number of unbranched alkanes of at least 4 members (excludes halogenated alkanes) is 1. The van der Waals surface area contributed by atoms with Crippen molar-refractivity contribution in [1.82, 2.24) is 5.16 Å². The van der Waals surface area contributed by atoms with Crippen molar-refractivity contribution in [2.24, 2.45) is 0 Å². The fourth-order valence-corrected chi connectivity index (χ4v) is 1.72. The molecule has 0 aliphatic rings. The van der Waals surface area contributed by atoms with Gasteiger partial charge < -0.3 is 5.21 Å². The summed E-state index contributed by atoms with van der Waals surface area (Å²) < 4.78 is 4.67. The van der Waals surface area contributed by atoms with Crippen LogP contribution in [0.5, 0.6) is 0 Å². The molecule has 0 atom stereocenters. The molecular formula is C13H14N2O2. The summed E-state index contributed by atoms with van der Waals surface area (Å²) in [6.07, 6.45) is 4.39. The summed E-state index contributed by atoms with van der Waals surface area (Å²) >= 11 is 0. The van der Waals surface area contributed by atoms with Crippen LogP contribution < -0.4 is 4.90 Å². The van der Waals surface area contributed by atoms with E-state index in [0.29, 0.717) is 16.3 Å². The first-order valence-electron chi connectivity index (χ1n) is 5.58. The molecule has 0 bridgehead atoms. The van der Waals surface area contributed by atoms with E-state index in [1.165, 1.54) is 0 Å². The molecule has 0 N–H and O–H groups in total. The van der Waals surface area contributed by atoms with Crippen LogP contribution in [0.1, 0.15) is 18.5 Å². The van der Waals surface area contributed by atoms with Crippen LogP contribution in [0, 0.1) is 5.21 Å². The number of aryl methyl sites for hydroxylation is 1. The van der Waals surface area contributed by atoms with Crippen molar-refractivity contribution in [1.29, 1.82) is 0 Å². The summed E-state index contributed by atoms with van der Waals surface area (Å²) in [5.74, 6) is 0. The van der Waals surface area contributed by atoms with Gasteiger partial charge in [0.15, 0.2) is 0 Å². The van der Waals surface area contributed by atoms with E-state index in [1.54, 1.807) is 0 Å². The molecule has 0 aliphatic carbocycles. The van der Waals surface area contributed by atoms with Crippen LogP contribution in [-0.2, 0) is 6.42 Å². The lowest BCUT2D eigenvalue weighted by Crippen LogP contribution is -2.25. The predicted molar refractivity (Wildman–Crippen MR) is 64.0 cm³/mol. The maximum absolute atomic E-state index is 11.5. The van der Waals surface area contributed by atoms with Gasteiger partial charge in [-0.25, -0.2) is 0 Å². The van der Waals surface area contributed by atoms with Crippen molar-refractivity contribution in [3.05, 3.63) is 53.9 Å². The Labute approximate surface area is 99.7 Å². The predicted octanol–water partition coefficient (Wildman–Crippen LogP) is 2.48. The smallest absolute Gasteiger partial charge is 0.228 e. The van der Waals surface area contributed by atoms with Crippen LogP contribution in [-0.4, -0.2) is 5.16 Å². The van der Waals surface area contributed by atoms with Gasteiger partial charge in [-0.15, -0.1) is 6.58 Å². The number of allylic oxidation sites excluding steroid dienone is 1. The number of hydrogen-bond donors (Lipinski definition) is 0. The molecular weight excluding hydrogens is 216 g/mol. The Hall–Kier alpha value is -2.10. The van der Waals surface area contributed by atoms with Crippen LogP contribution in [0.3, 0.4) is 0 Å². The summed E-state index contributed by atoms with van der Waals surface area (Å²) in [7, 11) is 0. The first-order valence-corrected chi connectivity index (χ1v) is 5.58. The number of rotatable bonds is 5. The molecule has 2 rings (SSSR count). The Bertz CT molecular complexity index is 491. The molecule has 4 nitrogen and oxygen atoms in total. The second kappa shape index (κ2) is 5.30. The molecule has 0 spiro atoms. The highest BCUT2D eigenvalue weighted by molar-refractivity contribution is 5.58. The minimum Gasteiger partial charge on any atom is -0.359 e. The van der Waals surface area contributed by atoms with Crippen molar-refractivity contribution >= 4 is 0 Å². The summed E-state index contributed by atoms with van der Waals surface area (Å²) in [6, 6.07) is 9.42. The summed E-state index contributed by atoms with van der Waals surface area (Å²) in [6.45, 7) is 3.67. The Morgan fingerprint density at radius 1 is 1.35 bits per heavy atom. The number of aromatic nitrogens is 2. The fourth-order valence-electron chi connectivity index (χ4n) is 1.72. The standard InChI is InChI=1S/C13H14N2O2/c1-2-3-5-10-12-13(15(16)17-14-12)11-8-6-4-7-9-11/h2,4,6-9H,1,3,5,10H2. The van der Waals surface area contributed by atoms with E-state index in [1.807, 2.05) is 36.4 Å². The molecule has 1 heterocycles. The maximum atomic E-state index is 11.5. The highest BCUT2D eigenvalue weighted by Gasteiger charge is 2.19. The van der Waals surface area contributed by atoms with E-state index >= 15 is 0 Å². The van der Waals surface area contributed by atoms with Crippen molar-refractivity contribution < 1.29 is 9.53 Å². The lowest BCUT2D eigenvalue weighted by molar-refractivity contribution is -0.793. The lowest BCUT2D eigenvalue weighted by atomic mass is 10.1. The molecule has 0 saturated heterocycles. The van der Waals surface area contributed by atoms with Crippen molar-refractivity contribution in [2.45, 2.75) is 19.3 Å². The molecule has 0 aliphatic heterocycles. The average Bonchev–Trinajstić information content (AvgIpc) is 2.72. The minimum absolute atomic E-state index is 0.471. The summed E-state index contributed by atoms with van der Waals surface area (Å²) in [5, 5.41) is 15.3. The maximum Gasteiger partial charge on any atom is 0.228 e. The largest absolute Gasteiger partial charge is 0.359 e. The van der Waals surface area contributed by atoms with Gasteiger partial charge in [0, 0.05) is 17.1 Å². The molecule has 1 aromatic carbocycles. The van der Waals surface area contributed by atoms with E-state index in [0.717, 1.165) is 24.8 Å². The molecule has 17 heavy (non-hydrogen) atoms. The molecule has 0 fully saturated rings. The summed E-state index contributed by atoms with van der Waals surface area (Å²) in [5.41, 5.74) is 2.04. The Kier molecular flexibility index (Phi) is 3.55. The van der Waals surface area contributed by atoms with Gasteiger partial charge in [0.25, 0.3) is 0 Å². The Balaban J connectivity index is 2.27. The monoisotopic (exact) mass is 230 g/mol. The highest BCUT2D eigenvalue weighted by atomic mass is 16.8. The second-order valence-electron chi connectivity index (χ2n) is 3.77. The van der Waals surface area contributed by atoms with Gasteiger partial charge in [0.05, 0.1) is 0 Å². The minimum atomic E-state index is 0.471. The molecule has 1 aromatic heterocycles. The van der Waals surface area contributed by atoms with Gasteiger partial charge in [0.2, 0.25) is 11.4 Å². The van der Waals surface area contributed by atoms with E-state index < -0.39 is 0 Å². The molecule has 88 valence electrons. The van der Waals surface area contributed by atoms with E-state index in [4.69, 9.17) is 0 Å². The van der Waals surface area contributed by atoms with Crippen LogP contribution in [0.25, 0.3) is 11.3 Å². The summed E-state index contributed by atoms with van der Waals surface area (Å²) in [4.78, 5) is 0.471. The van der Waals surface area contributed by atoms with E-state index in [-0.39, 0.29) is 0 Å². The van der Waals surface area contributed by atoms with Crippen LogP contribution in [0.2, 0.25) is 0 Å². The van der Waals surface area contributed by atoms with E-state index in [9.17, 15) is 5.21 Å². The van der Waals surface area contributed by atoms with Crippen molar-refractivity contribution in [3.63, 3.8) is 0 Å². The van der Waals surface area contributed by atoms with Crippen LogP contribution in [0.4, 0.5) is 0 Å². The topological polar surface area (TPSA) is 53.0 Å². The number of hydrogen-bond acceptors (Lipinski definition) is 3.